The Morgan fingerprint density at radius 2 is 1.29 bits per heavy atom. The van der Waals surface area contributed by atoms with E-state index >= 15 is 0 Å². The summed E-state index contributed by atoms with van der Waals surface area (Å²) in [7, 11) is 17.4. The van der Waals surface area contributed by atoms with E-state index in [-0.39, 0.29) is 7.25 Å². The van der Waals surface area contributed by atoms with E-state index in [2.05, 4.69) is 168 Å². The second-order valence-electron chi connectivity index (χ2n) is 15.1. The van der Waals surface area contributed by atoms with Gasteiger partial charge in [0.05, 0.1) is 0 Å². The molecular formula is C45H43Cl2SiZr. The molecule has 0 aromatic heterocycles. The van der Waals surface area contributed by atoms with Gasteiger partial charge < -0.3 is 0 Å². The number of hydrogen-bond acceptors (Lipinski definition) is 0. The van der Waals surface area contributed by atoms with Crippen LogP contribution in [0.4, 0.5) is 0 Å². The van der Waals surface area contributed by atoms with Crippen molar-refractivity contribution in [3.05, 3.63) is 154 Å². The first-order chi connectivity index (χ1) is 23.5. The Bertz CT molecular complexity index is 2370. The van der Waals surface area contributed by atoms with Crippen LogP contribution in [0, 0.1) is 12.8 Å². The summed E-state index contributed by atoms with van der Waals surface area (Å²) in [6, 6.07) is 42.3. The Morgan fingerprint density at radius 1 is 0.592 bits per heavy atom. The average molecular weight is 774 g/mol. The van der Waals surface area contributed by atoms with Crippen molar-refractivity contribution in [1.29, 1.82) is 0 Å². The molecule has 0 bridgehead atoms. The second kappa shape index (κ2) is 12.1. The van der Waals surface area contributed by atoms with Crippen LogP contribution in [-0.2, 0) is 15.6 Å². The van der Waals surface area contributed by atoms with Crippen molar-refractivity contribution in [2.24, 2.45) is 5.92 Å². The van der Waals surface area contributed by atoms with E-state index in [1.165, 1.54) is 82.8 Å². The molecule has 8 rings (SSSR count). The first-order valence-electron chi connectivity index (χ1n) is 17.7. The zero-order chi connectivity index (χ0) is 34.3. The van der Waals surface area contributed by atoms with Gasteiger partial charge in [0, 0.05) is 0 Å². The summed E-state index contributed by atoms with van der Waals surface area (Å²) in [4.78, 5) is 0. The molecule has 0 N–H and O–H groups in total. The first kappa shape index (κ1) is 33.2. The van der Waals surface area contributed by atoms with E-state index in [1.807, 2.05) is 0 Å². The maximum atomic E-state index is 8.72. The molecule has 6 aromatic carbocycles. The van der Waals surface area contributed by atoms with Gasteiger partial charge in [-0.05, 0) is 0 Å². The van der Waals surface area contributed by atoms with Gasteiger partial charge >= 0.3 is 303 Å². The van der Waals surface area contributed by atoms with Crippen LogP contribution in [-0.4, -0.2) is 5.92 Å². The van der Waals surface area contributed by atoms with Gasteiger partial charge in [0.2, 0.25) is 0 Å². The van der Waals surface area contributed by atoms with Gasteiger partial charge in [-0.15, -0.1) is 0 Å². The van der Waals surface area contributed by atoms with Crippen molar-refractivity contribution < 1.29 is 15.6 Å². The van der Waals surface area contributed by atoms with Gasteiger partial charge in [0.15, 0.2) is 0 Å². The van der Waals surface area contributed by atoms with Gasteiger partial charge in [0.1, 0.15) is 0 Å². The molecule has 2 aliphatic carbocycles. The standard InChI is InChI=1S/C25H19.C18H17.C2H7Si.2ClH.Zr/c1-16-14-24-17(2)10-12-23(25(24)15-16)21-9-5-8-20-19-7-4-3-6-18(19)11-13-22(20)21;1-13(2)16-11-15-9-6-10-17(18(15)12-16)14-7-4-3-5-8-14;1-3-2;;;/h3-15H,1-2H3;3-13H,1-2H3;3H,1-2H3;2*1H;/q;;;;;+2/p-2. The third-order valence-corrected chi connectivity index (χ3v) is 63.7. The number of benzene rings is 6. The molecule has 0 spiro atoms. The van der Waals surface area contributed by atoms with E-state index < -0.39 is 21.5 Å². The summed E-state index contributed by atoms with van der Waals surface area (Å²) in [5, 5.41) is 5.13. The maximum absolute atomic E-state index is 8.72. The van der Waals surface area contributed by atoms with Crippen molar-refractivity contribution >= 4 is 56.6 Å². The molecule has 4 heteroatoms. The van der Waals surface area contributed by atoms with Gasteiger partial charge in [-0.25, -0.2) is 0 Å². The van der Waals surface area contributed by atoms with Gasteiger partial charge in [-0.3, -0.25) is 0 Å². The second-order valence-corrected chi connectivity index (χ2v) is 57.6. The van der Waals surface area contributed by atoms with E-state index in [9.17, 15) is 0 Å². The fraction of sp³-hybridized carbons (Fsp3) is 0.200. The van der Waals surface area contributed by atoms with E-state index in [0.717, 1.165) is 0 Å². The third kappa shape index (κ3) is 4.92. The number of rotatable bonds is 6. The number of fused-ring (bicyclic) bond motifs is 5. The monoisotopic (exact) mass is 771 g/mol. The predicted octanol–water partition coefficient (Wildman–Crippen LogP) is 13.9. The van der Waals surface area contributed by atoms with Gasteiger partial charge in [0.25, 0.3) is 0 Å². The molecule has 2 unspecified atom stereocenters. The molecule has 0 aliphatic heterocycles. The molecule has 0 heterocycles. The van der Waals surface area contributed by atoms with E-state index in [1.54, 1.807) is 0 Å². The predicted molar refractivity (Wildman–Crippen MR) is 216 cm³/mol. The summed E-state index contributed by atoms with van der Waals surface area (Å²) in [6.45, 7) is 14.1. The van der Waals surface area contributed by atoms with Crippen LogP contribution in [0.2, 0.25) is 13.1 Å². The van der Waals surface area contributed by atoms with Crippen LogP contribution in [0.1, 0.15) is 55.8 Å². The normalized spacial score (nSPS) is 18.0. The summed E-state index contributed by atoms with van der Waals surface area (Å²) < 4.78 is 0.127. The molecule has 49 heavy (non-hydrogen) atoms. The Morgan fingerprint density at radius 3 is 2.04 bits per heavy atom. The molecule has 0 saturated carbocycles. The molecule has 0 saturated heterocycles. The van der Waals surface area contributed by atoms with Crippen LogP contribution in [0.3, 0.4) is 0 Å². The topological polar surface area (TPSA) is 0 Å². The summed E-state index contributed by atoms with van der Waals surface area (Å²) in [6.07, 6.45) is 4.92. The number of aryl methyl sites for hydroxylation is 1. The average Bonchev–Trinajstić information content (AvgIpc) is 3.69. The summed E-state index contributed by atoms with van der Waals surface area (Å²) in [5.74, 6) is -1.33. The fourth-order valence-electron chi connectivity index (χ4n) is 9.29. The number of halogens is 2. The number of hydrogen-bond donors (Lipinski definition) is 0. The number of allylic oxidation sites excluding steroid dienone is 2. The van der Waals surface area contributed by atoms with Crippen molar-refractivity contribution in [2.75, 3.05) is 0 Å². The van der Waals surface area contributed by atoms with Crippen LogP contribution in [0.5, 0.6) is 0 Å². The minimum atomic E-state index is -4.89. The van der Waals surface area contributed by atoms with Crippen LogP contribution < -0.4 is 0 Å². The van der Waals surface area contributed by atoms with Gasteiger partial charge in [-0.1, -0.05) is 0 Å². The summed E-state index contributed by atoms with van der Waals surface area (Å²) in [5.41, 5.74) is 14.5. The molecule has 2 aliphatic rings. The van der Waals surface area contributed by atoms with Crippen molar-refractivity contribution in [3.8, 4) is 22.3 Å². The zero-order valence-corrected chi connectivity index (χ0v) is 34.3. The van der Waals surface area contributed by atoms with Gasteiger partial charge in [-0.2, -0.15) is 0 Å². The Hall–Kier alpha value is -3.00. The Kier molecular flexibility index (Phi) is 8.16. The molecule has 0 nitrogen and oxygen atoms in total. The van der Waals surface area contributed by atoms with Crippen molar-refractivity contribution in [2.45, 2.75) is 48.0 Å². The molecule has 6 aromatic rings. The molecule has 0 fully saturated rings. The van der Waals surface area contributed by atoms with Crippen molar-refractivity contribution in [3.63, 3.8) is 0 Å². The van der Waals surface area contributed by atoms with E-state index in [0.29, 0.717) is 5.92 Å². The SMILES string of the molecule is CC1=Cc2c(-c3cccc4c3ccc3ccccc34)ccc(C)c2[CH]1[Zr]([Cl])([Cl])([CH]1C(C(C)C)=Cc2c(-c3ccccc3)cccc21)[SiH](C)C. The first-order valence-corrected chi connectivity index (χ1v) is 34.0. The fourth-order valence-corrected chi connectivity index (χ4v) is 41.5. The van der Waals surface area contributed by atoms with Crippen LogP contribution in [0.25, 0.3) is 56.0 Å². The summed E-state index contributed by atoms with van der Waals surface area (Å²) >= 11 is -4.89. The molecule has 245 valence electrons. The minimum absolute atomic E-state index is 0.0562. The Labute approximate surface area is 300 Å². The third-order valence-electron chi connectivity index (χ3n) is 11.8. The Balaban J connectivity index is 1.36. The van der Waals surface area contributed by atoms with Crippen LogP contribution in [0.15, 0.2) is 126 Å². The zero-order valence-electron chi connectivity index (χ0n) is 29.2. The quantitative estimate of drug-likeness (QED) is 0.117. The van der Waals surface area contributed by atoms with E-state index in [4.69, 9.17) is 17.0 Å². The van der Waals surface area contributed by atoms with Crippen molar-refractivity contribution in [1.82, 2.24) is 0 Å². The molecule has 2 atom stereocenters. The molecule has 0 amide bonds. The van der Waals surface area contributed by atoms with Crippen LogP contribution >= 0.6 is 17.0 Å². The molecular weight excluding hydrogens is 731 g/mol. The molecule has 0 radical (unpaired) electrons.